The van der Waals surface area contributed by atoms with Crippen LogP contribution in [0.2, 0.25) is 0 Å². The van der Waals surface area contributed by atoms with Crippen molar-refractivity contribution in [3.05, 3.63) is 35.9 Å². The second-order valence-electron chi connectivity index (χ2n) is 6.02. The van der Waals surface area contributed by atoms with E-state index in [1.54, 1.807) is 0 Å². The SMILES string of the molecule is CCC(C)C(C)NC(=O)CCP(=O)(O)CCc1ccccc1. The first-order valence-corrected chi connectivity index (χ1v) is 10.0. The summed E-state index contributed by atoms with van der Waals surface area (Å²) in [7, 11) is -3.25. The molecule has 0 saturated heterocycles. The number of amides is 1. The summed E-state index contributed by atoms with van der Waals surface area (Å²) >= 11 is 0. The van der Waals surface area contributed by atoms with Gasteiger partial charge in [-0.1, -0.05) is 50.6 Å². The standard InChI is InChI=1S/C17H28NO3P/c1-4-14(2)15(3)18-17(19)11-13-22(20,21)12-10-16-8-6-5-7-9-16/h5-9,14-15H,4,10-13H2,1-3H3,(H,18,19)(H,20,21). The van der Waals surface area contributed by atoms with Gasteiger partial charge in [-0.2, -0.15) is 0 Å². The van der Waals surface area contributed by atoms with E-state index in [0.29, 0.717) is 12.3 Å². The quantitative estimate of drug-likeness (QED) is 0.684. The van der Waals surface area contributed by atoms with E-state index in [1.807, 2.05) is 37.3 Å². The van der Waals surface area contributed by atoms with Crippen LogP contribution in [0.5, 0.6) is 0 Å². The predicted molar refractivity (Wildman–Crippen MR) is 91.4 cm³/mol. The molecule has 0 fully saturated rings. The maximum Gasteiger partial charge on any atom is 0.220 e. The second kappa shape index (κ2) is 9.12. The molecule has 22 heavy (non-hydrogen) atoms. The number of benzene rings is 1. The lowest BCUT2D eigenvalue weighted by Crippen LogP contribution is -2.37. The van der Waals surface area contributed by atoms with Gasteiger partial charge in [-0.15, -0.1) is 0 Å². The first kappa shape index (κ1) is 18.9. The van der Waals surface area contributed by atoms with Gasteiger partial charge in [-0.25, -0.2) is 0 Å². The van der Waals surface area contributed by atoms with E-state index in [9.17, 15) is 14.3 Å². The van der Waals surface area contributed by atoms with E-state index in [0.717, 1.165) is 12.0 Å². The molecule has 4 nitrogen and oxygen atoms in total. The van der Waals surface area contributed by atoms with Gasteiger partial charge in [-0.3, -0.25) is 9.36 Å². The average molecular weight is 325 g/mol. The highest BCUT2D eigenvalue weighted by Crippen LogP contribution is 2.41. The van der Waals surface area contributed by atoms with Crippen molar-refractivity contribution in [1.82, 2.24) is 5.32 Å². The van der Waals surface area contributed by atoms with Gasteiger partial charge >= 0.3 is 0 Å². The summed E-state index contributed by atoms with van der Waals surface area (Å²) < 4.78 is 12.1. The normalized spacial score (nSPS) is 16.5. The molecular formula is C17H28NO3P. The molecule has 3 atom stereocenters. The molecule has 0 spiro atoms. The lowest BCUT2D eigenvalue weighted by atomic mass is 10.0. The molecule has 2 N–H and O–H groups in total. The summed E-state index contributed by atoms with van der Waals surface area (Å²) in [5, 5.41) is 2.91. The van der Waals surface area contributed by atoms with E-state index >= 15 is 0 Å². The van der Waals surface area contributed by atoms with Gasteiger partial charge in [0.15, 0.2) is 0 Å². The summed E-state index contributed by atoms with van der Waals surface area (Å²) in [6.07, 6.45) is 1.96. The van der Waals surface area contributed by atoms with Gasteiger partial charge in [0.1, 0.15) is 0 Å². The molecule has 0 aliphatic rings. The van der Waals surface area contributed by atoms with E-state index in [4.69, 9.17) is 0 Å². The Morgan fingerprint density at radius 1 is 1.23 bits per heavy atom. The number of hydrogen-bond acceptors (Lipinski definition) is 2. The Morgan fingerprint density at radius 3 is 2.45 bits per heavy atom. The minimum absolute atomic E-state index is 0.0545. The van der Waals surface area contributed by atoms with Crippen LogP contribution >= 0.6 is 7.37 Å². The zero-order valence-corrected chi connectivity index (χ0v) is 14.7. The summed E-state index contributed by atoms with van der Waals surface area (Å²) in [4.78, 5) is 21.8. The molecule has 1 aromatic carbocycles. The lowest BCUT2D eigenvalue weighted by molar-refractivity contribution is -0.121. The molecule has 1 amide bonds. The summed E-state index contributed by atoms with van der Waals surface area (Å²) in [5.74, 6) is 0.268. The van der Waals surface area contributed by atoms with Gasteiger partial charge in [-0.05, 0) is 24.8 Å². The van der Waals surface area contributed by atoms with E-state index in [1.165, 1.54) is 0 Å². The fraction of sp³-hybridized carbons (Fsp3) is 0.588. The van der Waals surface area contributed by atoms with Crippen LogP contribution in [-0.2, 0) is 15.8 Å². The van der Waals surface area contributed by atoms with Gasteiger partial charge in [0.25, 0.3) is 0 Å². The first-order chi connectivity index (χ1) is 10.3. The van der Waals surface area contributed by atoms with Crippen molar-refractivity contribution in [2.45, 2.75) is 46.1 Å². The molecule has 0 aliphatic carbocycles. The molecule has 3 unspecified atom stereocenters. The highest BCUT2D eigenvalue weighted by molar-refractivity contribution is 7.58. The van der Waals surface area contributed by atoms with E-state index in [-0.39, 0.29) is 30.7 Å². The van der Waals surface area contributed by atoms with E-state index in [2.05, 4.69) is 19.2 Å². The van der Waals surface area contributed by atoms with Crippen LogP contribution in [0.4, 0.5) is 0 Å². The molecule has 1 rings (SSSR count). The lowest BCUT2D eigenvalue weighted by Gasteiger charge is -2.20. The molecule has 5 heteroatoms. The molecule has 0 heterocycles. The third kappa shape index (κ3) is 7.24. The maximum absolute atomic E-state index is 12.1. The van der Waals surface area contributed by atoms with Crippen molar-refractivity contribution in [3.63, 3.8) is 0 Å². The Labute approximate surface area is 133 Å². The highest BCUT2D eigenvalue weighted by Gasteiger charge is 2.21. The number of rotatable bonds is 9. The average Bonchev–Trinajstić information content (AvgIpc) is 2.51. The van der Waals surface area contributed by atoms with Crippen LogP contribution in [0.15, 0.2) is 30.3 Å². The largest absolute Gasteiger partial charge is 0.353 e. The fourth-order valence-corrected chi connectivity index (χ4v) is 3.54. The molecule has 0 bridgehead atoms. The number of carbonyl (C=O) groups excluding carboxylic acids is 1. The van der Waals surface area contributed by atoms with Crippen molar-refractivity contribution in [2.75, 3.05) is 12.3 Å². The third-order valence-electron chi connectivity index (χ3n) is 4.17. The van der Waals surface area contributed by atoms with Crippen LogP contribution in [-0.4, -0.2) is 29.2 Å². The molecule has 1 aromatic rings. The van der Waals surface area contributed by atoms with Gasteiger partial charge in [0.2, 0.25) is 13.3 Å². The monoisotopic (exact) mass is 325 g/mol. The van der Waals surface area contributed by atoms with Crippen molar-refractivity contribution in [1.29, 1.82) is 0 Å². The molecular weight excluding hydrogens is 297 g/mol. The minimum Gasteiger partial charge on any atom is -0.353 e. The van der Waals surface area contributed by atoms with Gasteiger partial charge < -0.3 is 10.2 Å². The molecule has 0 radical (unpaired) electrons. The Balaban J connectivity index is 2.35. The van der Waals surface area contributed by atoms with E-state index < -0.39 is 7.37 Å². The summed E-state index contributed by atoms with van der Waals surface area (Å²) in [6.45, 7) is 6.14. The Kier molecular flexibility index (Phi) is 7.84. The summed E-state index contributed by atoms with van der Waals surface area (Å²) in [5.41, 5.74) is 1.05. The number of hydrogen-bond donors (Lipinski definition) is 2. The van der Waals surface area contributed by atoms with Crippen LogP contribution in [0.3, 0.4) is 0 Å². The number of nitrogens with one attached hydrogen (secondary N) is 1. The van der Waals surface area contributed by atoms with Crippen LogP contribution < -0.4 is 5.32 Å². The molecule has 0 aliphatic heterocycles. The smallest absolute Gasteiger partial charge is 0.220 e. The third-order valence-corrected chi connectivity index (χ3v) is 6.01. The van der Waals surface area contributed by atoms with Gasteiger partial charge in [0, 0.05) is 24.8 Å². The van der Waals surface area contributed by atoms with Crippen molar-refractivity contribution in [3.8, 4) is 0 Å². The Morgan fingerprint density at radius 2 is 1.86 bits per heavy atom. The molecule has 0 aromatic heterocycles. The van der Waals surface area contributed by atoms with Crippen molar-refractivity contribution in [2.24, 2.45) is 5.92 Å². The fourth-order valence-electron chi connectivity index (χ4n) is 2.16. The topological polar surface area (TPSA) is 66.4 Å². The Hall–Kier alpha value is -1.12. The molecule has 124 valence electrons. The Bertz CT molecular complexity index is 504. The summed E-state index contributed by atoms with van der Waals surface area (Å²) in [6, 6.07) is 9.74. The van der Waals surface area contributed by atoms with Gasteiger partial charge in [0.05, 0.1) is 0 Å². The maximum atomic E-state index is 12.1. The second-order valence-corrected chi connectivity index (χ2v) is 8.61. The minimum atomic E-state index is -3.25. The van der Waals surface area contributed by atoms with Crippen LogP contribution in [0.1, 0.15) is 39.2 Å². The van der Waals surface area contributed by atoms with Crippen LogP contribution in [0.25, 0.3) is 0 Å². The highest BCUT2D eigenvalue weighted by atomic mass is 31.2. The number of aryl methyl sites for hydroxylation is 1. The predicted octanol–water partition coefficient (Wildman–Crippen LogP) is 3.44. The zero-order chi connectivity index (χ0) is 16.6. The number of carbonyl (C=O) groups is 1. The first-order valence-electron chi connectivity index (χ1n) is 7.98. The van der Waals surface area contributed by atoms with Crippen molar-refractivity contribution >= 4 is 13.3 Å². The van der Waals surface area contributed by atoms with Crippen LogP contribution in [0, 0.1) is 5.92 Å². The zero-order valence-electron chi connectivity index (χ0n) is 13.8. The molecule has 0 saturated carbocycles. The van der Waals surface area contributed by atoms with Crippen molar-refractivity contribution < 1.29 is 14.3 Å².